The van der Waals surface area contributed by atoms with Crippen LogP contribution in [0.3, 0.4) is 0 Å². The first-order valence-corrected chi connectivity index (χ1v) is 10.5. The van der Waals surface area contributed by atoms with Crippen LogP contribution >= 0.6 is 0 Å². The van der Waals surface area contributed by atoms with Gasteiger partial charge in [-0.25, -0.2) is 4.98 Å². The van der Waals surface area contributed by atoms with E-state index in [-0.39, 0.29) is 12.6 Å². The maximum absolute atomic E-state index is 12.6. The summed E-state index contributed by atoms with van der Waals surface area (Å²) >= 11 is 0. The van der Waals surface area contributed by atoms with Gasteiger partial charge in [0.1, 0.15) is 5.82 Å². The molecule has 0 spiro atoms. The normalized spacial score (nSPS) is 20.2. The van der Waals surface area contributed by atoms with E-state index in [1.165, 1.54) is 10.7 Å². The van der Waals surface area contributed by atoms with Crippen molar-refractivity contribution in [2.75, 3.05) is 38.3 Å². The highest BCUT2D eigenvalue weighted by Crippen LogP contribution is 2.23. The minimum atomic E-state index is -3.47. The summed E-state index contributed by atoms with van der Waals surface area (Å²) in [6, 6.07) is 3.93. The Bertz CT molecular complexity index is 656. The number of aromatic nitrogens is 1. The molecule has 1 saturated carbocycles. The van der Waals surface area contributed by atoms with Gasteiger partial charge < -0.3 is 9.64 Å². The van der Waals surface area contributed by atoms with Crippen molar-refractivity contribution in [1.29, 1.82) is 0 Å². The van der Waals surface area contributed by atoms with Crippen LogP contribution in [0.15, 0.2) is 18.3 Å². The number of rotatable bonds is 6. The second-order valence-corrected chi connectivity index (χ2v) is 8.57. The smallest absolute Gasteiger partial charge is 0.279 e. The SMILES string of the molecule is CN(C1CCCCC1)S(=O)(=O)NCc1ccnc(N2CCOCC2)c1. The Kier molecular flexibility index (Phi) is 6.27. The molecule has 2 aliphatic rings. The molecule has 2 heterocycles. The molecule has 25 heavy (non-hydrogen) atoms. The van der Waals surface area contributed by atoms with E-state index in [0.29, 0.717) is 13.2 Å². The Labute approximate surface area is 150 Å². The van der Waals surface area contributed by atoms with Crippen LogP contribution in [-0.2, 0) is 21.5 Å². The van der Waals surface area contributed by atoms with Crippen molar-refractivity contribution >= 4 is 16.0 Å². The second-order valence-electron chi connectivity index (χ2n) is 6.76. The number of pyridine rings is 1. The van der Waals surface area contributed by atoms with Gasteiger partial charge in [0.05, 0.1) is 13.2 Å². The molecule has 2 fully saturated rings. The molecule has 0 amide bonds. The number of hydrogen-bond acceptors (Lipinski definition) is 5. The van der Waals surface area contributed by atoms with Crippen molar-refractivity contribution in [2.45, 2.75) is 44.7 Å². The summed E-state index contributed by atoms with van der Waals surface area (Å²) in [5.74, 6) is 0.876. The molecule has 0 unspecified atom stereocenters. The molecule has 1 aliphatic heterocycles. The van der Waals surface area contributed by atoms with Crippen molar-refractivity contribution < 1.29 is 13.2 Å². The molecule has 1 aromatic rings. The van der Waals surface area contributed by atoms with E-state index < -0.39 is 10.2 Å². The molecule has 1 N–H and O–H groups in total. The highest BCUT2D eigenvalue weighted by Gasteiger charge is 2.27. The zero-order chi connectivity index (χ0) is 17.7. The fourth-order valence-electron chi connectivity index (χ4n) is 3.45. The lowest BCUT2D eigenvalue weighted by atomic mass is 9.96. The molecular formula is C17H28N4O3S. The van der Waals surface area contributed by atoms with Gasteiger partial charge in [-0.2, -0.15) is 17.4 Å². The summed E-state index contributed by atoms with van der Waals surface area (Å²) in [6.07, 6.45) is 7.07. The van der Waals surface area contributed by atoms with Crippen LogP contribution in [0.5, 0.6) is 0 Å². The van der Waals surface area contributed by atoms with Crippen LogP contribution in [0.1, 0.15) is 37.7 Å². The molecule has 7 nitrogen and oxygen atoms in total. The first-order chi connectivity index (χ1) is 12.1. The van der Waals surface area contributed by atoms with Gasteiger partial charge in [-0.05, 0) is 30.5 Å². The maximum Gasteiger partial charge on any atom is 0.279 e. The van der Waals surface area contributed by atoms with Gasteiger partial charge in [-0.1, -0.05) is 19.3 Å². The fraction of sp³-hybridized carbons (Fsp3) is 0.706. The molecule has 0 bridgehead atoms. The van der Waals surface area contributed by atoms with Gasteiger partial charge in [0, 0.05) is 38.9 Å². The Balaban J connectivity index is 1.60. The lowest BCUT2D eigenvalue weighted by molar-refractivity contribution is 0.122. The fourth-order valence-corrected chi connectivity index (χ4v) is 4.61. The maximum atomic E-state index is 12.6. The predicted octanol–water partition coefficient (Wildman–Crippen LogP) is 1.52. The van der Waals surface area contributed by atoms with Crippen LogP contribution in [0, 0.1) is 0 Å². The summed E-state index contributed by atoms with van der Waals surface area (Å²) in [5.41, 5.74) is 0.914. The van der Waals surface area contributed by atoms with Crippen molar-refractivity contribution in [3.8, 4) is 0 Å². The molecule has 0 aromatic carbocycles. The van der Waals surface area contributed by atoms with Crippen LogP contribution in [0.25, 0.3) is 0 Å². The van der Waals surface area contributed by atoms with Crippen molar-refractivity contribution in [3.63, 3.8) is 0 Å². The van der Waals surface area contributed by atoms with Crippen molar-refractivity contribution in [2.24, 2.45) is 0 Å². The Morgan fingerprint density at radius 1 is 1.28 bits per heavy atom. The standard InChI is InChI=1S/C17H28N4O3S/c1-20(16-5-3-2-4-6-16)25(22,23)19-14-15-7-8-18-17(13-15)21-9-11-24-12-10-21/h7-8,13,16,19H,2-6,9-12,14H2,1H3. The number of anilines is 1. The van der Waals surface area contributed by atoms with Crippen LogP contribution < -0.4 is 9.62 Å². The first kappa shape index (κ1) is 18.6. The first-order valence-electron chi connectivity index (χ1n) is 9.06. The van der Waals surface area contributed by atoms with Gasteiger partial charge in [-0.15, -0.1) is 0 Å². The summed E-state index contributed by atoms with van der Waals surface area (Å²) in [4.78, 5) is 6.56. The van der Waals surface area contributed by atoms with E-state index in [1.54, 1.807) is 13.2 Å². The molecule has 140 valence electrons. The topological polar surface area (TPSA) is 74.8 Å². The third kappa shape index (κ3) is 4.91. The minimum absolute atomic E-state index is 0.118. The van der Waals surface area contributed by atoms with Crippen LogP contribution in [0.2, 0.25) is 0 Å². The minimum Gasteiger partial charge on any atom is -0.378 e. The Morgan fingerprint density at radius 3 is 2.72 bits per heavy atom. The molecule has 3 rings (SSSR count). The van der Waals surface area contributed by atoms with Crippen molar-refractivity contribution in [1.82, 2.24) is 14.0 Å². The largest absolute Gasteiger partial charge is 0.378 e. The lowest BCUT2D eigenvalue weighted by Crippen LogP contribution is -2.44. The molecule has 8 heteroatoms. The third-order valence-electron chi connectivity index (χ3n) is 5.07. The number of morpholine rings is 1. The number of hydrogen-bond donors (Lipinski definition) is 1. The second kappa shape index (κ2) is 8.44. The van der Waals surface area contributed by atoms with E-state index >= 15 is 0 Å². The van der Waals surface area contributed by atoms with Gasteiger partial charge >= 0.3 is 0 Å². The summed E-state index contributed by atoms with van der Waals surface area (Å²) < 4.78 is 34.7. The van der Waals surface area contributed by atoms with Gasteiger partial charge in [0.2, 0.25) is 0 Å². The average molecular weight is 369 g/mol. The van der Waals surface area contributed by atoms with E-state index in [4.69, 9.17) is 4.74 Å². The summed E-state index contributed by atoms with van der Waals surface area (Å²) in [5, 5.41) is 0. The van der Waals surface area contributed by atoms with E-state index in [0.717, 1.165) is 50.2 Å². The number of ether oxygens (including phenoxy) is 1. The molecule has 1 aromatic heterocycles. The van der Waals surface area contributed by atoms with Crippen LogP contribution in [0.4, 0.5) is 5.82 Å². The van der Waals surface area contributed by atoms with Gasteiger partial charge in [0.15, 0.2) is 0 Å². The summed E-state index contributed by atoms with van der Waals surface area (Å²) in [6.45, 7) is 3.30. The third-order valence-corrected chi connectivity index (χ3v) is 6.64. The van der Waals surface area contributed by atoms with Crippen LogP contribution in [-0.4, -0.2) is 57.1 Å². The Hall–Kier alpha value is -1.22. The van der Waals surface area contributed by atoms with Gasteiger partial charge in [-0.3, -0.25) is 0 Å². The number of nitrogens with one attached hydrogen (secondary N) is 1. The molecule has 1 saturated heterocycles. The highest BCUT2D eigenvalue weighted by atomic mass is 32.2. The monoisotopic (exact) mass is 368 g/mol. The average Bonchev–Trinajstić information content (AvgIpc) is 2.67. The zero-order valence-electron chi connectivity index (χ0n) is 14.9. The van der Waals surface area contributed by atoms with E-state index in [2.05, 4.69) is 14.6 Å². The number of nitrogens with zero attached hydrogens (tertiary/aromatic N) is 3. The summed E-state index contributed by atoms with van der Waals surface area (Å²) in [7, 11) is -1.78. The van der Waals surface area contributed by atoms with E-state index in [1.807, 2.05) is 12.1 Å². The van der Waals surface area contributed by atoms with Gasteiger partial charge in [0.25, 0.3) is 10.2 Å². The quantitative estimate of drug-likeness (QED) is 0.824. The highest BCUT2D eigenvalue weighted by molar-refractivity contribution is 7.87. The predicted molar refractivity (Wildman–Crippen MR) is 97.7 cm³/mol. The molecule has 1 aliphatic carbocycles. The molecular weight excluding hydrogens is 340 g/mol. The van der Waals surface area contributed by atoms with E-state index in [9.17, 15) is 8.42 Å². The molecule has 0 atom stereocenters. The zero-order valence-corrected chi connectivity index (χ0v) is 15.7. The molecule has 0 radical (unpaired) electrons. The Morgan fingerprint density at radius 2 is 2.00 bits per heavy atom. The lowest BCUT2D eigenvalue weighted by Gasteiger charge is -2.30. The van der Waals surface area contributed by atoms with Crippen molar-refractivity contribution in [3.05, 3.63) is 23.9 Å².